The molecule has 0 radical (unpaired) electrons. The highest BCUT2D eigenvalue weighted by molar-refractivity contribution is 5.69. The van der Waals surface area contributed by atoms with Crippen molar-refractivity contribution in [2.45, 2.75) is 180 Å². The number of carbonyl (C=O) groups excluding carboxylic acids is 2. The summed E-state index contributed by atoms with van der Waals surface area (Å²) in [6.45, 7) is 4.28. The molecule has 5 nitrogen and oxygen atoms in total. The summed E-state index contributed by atoms with van der Waals surface area (Å²) in [6, 6.07) is 0. The third-order valence-corrected chi connectivity index (χ3v) is 7.09. The third kappa shape index (κ3) is 29.3. The van der Waals surface area contributed by atoms with Crippen molar-refractivity contribution in [1.29, 1.82) is 0 Å². The molecule has 1 atom stereocenters. The maximum absolute atomic E-state index is 11.9. The molecular formula is C32H62O5. The summed E-state index contributed by atoms with van der Waals surface area (Å²) < 4.78 is 10.2. The zero-order chi connectivity index (χ0) is 27.2. The minimum Gasteiger partial charge on any atom is -0.463 e. The van der Waals surface area contributed by atoms with Gasteiger partial charge in [-0.25, -0.2) is 0 Å². The van der Waals surface area contributed by atoms with Crippen LogP contribution in [0.3, 0.4) is 0 Å². The molecule has 0 unspecified atom stereocenters. The van der Waals surface area contributed by atoms with E-state index in [1.54, 1.807) is 0 Å². The van der Waals surface area contributed by atoms with Gasteiger partial charge in [0.05, 0.1) is 0 Å². The van der Waals surface area contributed by atoms with Crippen LogP contribution in [0.15, 0.2) is 0 Å². The molecule has 0 aromatic heterocycles. The van der Waals surface area contributed by atoms with Crippen molar-refractivity contribution < 1.29 is 24.2 Å². The van der Waals surface area contributed by atoms with Crippen molar-refractivity contribution in [2.75, 3.05) is 13.2 Å². The summed E-state index contributed by atoms with van der Waals surface area (Å²) in [5.41, 5.74) is 0. The molecule has 0 saturated heterocycles. The molecule has 0 spiro atoms. The lowest BCUT2D eigenvalue weighted by atomic mass is 10.0. The van der Waals surface area contributed by atoms with Crippen LogP contribution in [-0.4, -0.2) is 36.4 Å². The van der Waals surface area contributed by atoms with Gasteiger partial charge in [-0.1, -0.05) is 149 Å². The van der Waals surface area contributed by atoms with Crippen LogP contribution in [0.4, 0.5) is 0 Å². The van der Waals surface area contributed by atoms with E-state index in [9.17, 15) is 14.7 Å². The predicted octanol–water partition coefficient (Wildman–Crippen LogP) is 9.23. The first-order valence-electron chi connectivity index (χ1n) is 16.1. The fraction of sp³-hybridized carbons (Fsp3) is 0.938. The quantitative estimate of drug-likeness (QED) is 0.0776. The Bertz CT molecular complexity index is 494. The Morgan fingerprint density at radius 3 is 0.973 bits per heavy atom. The standard InChI is InChI=1S/C32H62O5/c1-3-5-7-9-11-13-14-15-16-17-19-21-23-25-27-32(35)37-29-30(33)28-36-31(34)26-24-22-20-18-12-10-8-6-4-2/h30,33H,3-29H2,1-2H3/t30-/m0/s1. The number of esters is 2. The molecule has 1 N–H and O–H groups in total. The first-order valence-corrected chi connectivity index (χ1v) is 16.1. The normalized spacial score (nSPS) is 12.0. The zero-order valence-electron chi connectivity index (χ0n) is 24.7. The van der Waals surface area contributed by atoms with Gasteiger partial charge in [-0.15, -0.1) is 0 Å². The van der Waals surface area contributed by atoms with E-state index in [2.05, 4.69) is 13.8 Å². The summed E-state index contributed by atoms with van der Waals surface area (Å²) in [5.74, 6) is -0.560. The van der Waals surface area contributed by atoms with E-state index < -0.39 is 6.10 Å². The van der Waals surface area contributed by atoms with Crippen molar-refractivity contribution in [3.05, 3.63) is 0 Å². The first-order chi connectivity index (χ1) is 18.1. The Morgan fingerprint density at radius 1 is 0.459 bits per heavy atom. The lowest BCUT2D eigenvalue weighted by Crippen LogP contribution is -2.25. The van der Waals surface area contributed by atoms with Gasteiger partial charge in [-0.2, -0.15) is 0 Å². The summed E-state index contributed by atoms with van der Waals surface area (Å²) >= 11 is 0. The molecule has 0 amide bonds. The van der Waals surface area contributed by atoms with E-state index in [1.165, 1.54) is 116 Å². The zero-order valence-corrected chi connectivity index (χ0v) is 24.7. The Kier molecular flexibility index (Phi) is 28.6. The van der Waals surface area contributed by atoms with Crippen LogP contribution in [0.25, 0.3) is 0 Å². The lowest BCUT2D eigenvalue weighted by molar-refractivity contribution is -0.152. The number of aliphatic hydroxyl groups excluding tert-OH is 1. The van der Waals surface area contributed by atoms with Gasteiger partial charge in [0.1, 0.15) is 19.3 Å². The molecule has 0 rings (SSSR count). The molecule has 0 aliphatic carbocycles. The van der Waals surface area contributed by atoms with Crippen molar-refractivity contribution in [3.63, 3.8) is 0 Å². The van der Waals surface area contributed by atoms with E-state index in [-0.39, 0.29) is 25.2 Å². The molecule has 37 heavy (non-hydrogen) atoms. The second-order valence-electron chi connectivity index (χ2n) is 10.9. The Balaban J connectivity index is 3.40. The fourth-order valence-electron chi connectivity index (χ4n) is 4.61. The Hall–Kier alpha value is -1.10. The van der Waals surface area contributed by atoms with Gasteiger partial charge in [0.15, 0.2) is 0 Å². The first kappa shape index (κ1) is 35.9. The highest BCUT2D eigenvalue weighted by atomic mass is 16.6. The molecule has 0 fully saturated rings. The maximum Gasteiger partial charge on any atom is 0.305 e. The monoisotopic (exact) mass is 526 g/mol. The summed E-state index contributed by atoms with van der Waals surface area (Å²) in [5, 5.41) is 9.92. The van der Waals surface area contributed by atoms with E-state index >= 15 is 0 Å². The van der Waals surface area contributed by atoms with Gasteiger partial charge in [-0.05, 0) is 12.8 Å². The lowest BCUT2D eigenvalue weighted by Gasteiger charge is -2.12. The molecule has 0 saturated carbocycles. The number of hydrogen-bond donors (Lipinski definition) is 1. The van der Waals surface area contributed by atoms with Crippen molar-refractivity contribution in [3.8, 4) is 0 Å². The average molecular weight is 527 g/mol. The van der Waals surface area contributed by atoms with Crippen molar-refractivity contribution in [2.24, 2.45) is 0 Å². The SMILES string of the molecule is CCCCCCCCCCCCCCCCC(=O)OC[C@@H](O)COC(=O)CCCCCCCCCCC. The topological polar surface area (TPSA) is 72.8 Å². The highest BCUT2D eigenvalue weighted by Gasteiger charge is 2.12. The Labute approximate surface area is 229 Å². The van der Waals surface area contributed by atoms with Crippen LogP contribution >= 0.6 is 0 Å². The van der Waals surface area contributed by atoms with E-state index in [0.29, 0.717) is 12.8 Å². The van der Waals surface area contributed by atoms with Gasteiger partial charge in [0, 0.05) is 12.8 Å². The molecule has 0 aromatic rings. The number of aliphatic hydroxyl groups is 1. The van der Waals surface area contributed by atoms with Gasteiger partial charge < -0.3 is 14.6 Å². The summed E-state index contributed by atoms with van der Waals surface area (Å²) in [6.07, 6.45) is 28.6. The fourth-order valence-corrected chi connectivity index (χ4v) is 4.61. The largest absolute Gasteiger partial charge is 0.463 e. The van der Waals surface area contributed by atoms with Gasteiger partial charge in [0.25, 0.3) is 0 Å². The summed E-state index contributed by atoms with van der Waals surface area (Å²) in [4.78, 5) is 23.7. The molecule has 0 bridgehead atoms. The molecule has 0 aromatic carbocycles. The molecule has 0 aliphatic heterocycles. The van der Waals surface area contributed by atoms with E-state index in [1.807, 2.05) is 0 Å². The number of hydrogen-bond acceptors (Lipinski definition) is 5. The number of unbranched alkanes of at least 4 members (excludes halogenated alkanes) is 21. The van der Waals surface area contributed by atoms with Crippen LogP contribution in [0.2, 0.25) is 0 Å². The van der Waals surface area contributed by atoms with Crippen molar-refractivity contribution in [1.82, 2.24) is 0 Å². The molecule has 5 heteroatoms. The van der Waals surface area contributed by atoms with Gasteiger partial charge in [0.2, 0.25) is 0 Å². The summed E-state index contributed by atoms with van der Waals surface area (Å²) in [7, 11) is 0. The minimum atomic E-state index is -0.952. The third-order valence-electron chi connectivity index (χ3n) is 7.09. The number of ether oxygens (including phenoxy) is 2. The van der Waals surface area contributed by atoms with Crippen LogP contribution in [0.1, 0.15) is 174 Å². The molecule has 220 valence electrons. The predicted molar refractivity (Wildman–Crippen MR) is 155 cm³/mol. The molecular weight excluding hydrogens is 464 g/mol. The van der Waals surface area contributed by atoms with Crippen LogP contribution in [0.5, 0.6) is 0 Å². The van der Waals surface area contributed by atoms with Crippen LogP contribution in [0, 0.1) is 0 Å². The van der Waals surface area contributed by atoms with Crippen LogP contribution in [-0.2, 0) is 19.1 Å². The maximum atomic E-state index is 11.9. The van der Waals surface area contributed by atoms with E-state index in [0.717, 1.165) is 32.1 Å². The smallest absolute Gasteiger partial charge is 0.305 e. The highest BCUT2D eigenvalue weighted by Crippen LogP contribution is 2.14. The van der Waals surface area contributed by atoms with E-state index in [4.69, 9.17) is 9.47 Å². The number of carbonyl (C=O) groups is 2. The molecule has 0 heterocycles. The second kappa shape index (κ2) is 29.5. The van der Waals surface area contributed by atoms with Gasteiger partial charge >= 0.3 is 11.9 Å². The Morgan fingerprint density at radius 2 is 0.703 bits per heavy atom. The minimum absolute atomic E-state index is 0.108. The van der Waals surface area contributed by atoms with Crippen molar-refractivity contribution >= 4 is 11.9 Å². The van der Waals surface area contributed by atoms with Gasteiger partial charge in [-0.3, -0.25) is 9.59 Å². The second-order valence-corrected chi connectivity index (χ2v) is 10.9. The van der Waals surface area contributed by atoms with Crippen LogP contribution < -0.4 is 0 Å². The average Bonchev–Trinajstić information content (AvgIpc) is 2.90. The number of rotatable bonds is 29. The molecule has 0 aliphatic rings.